The zero-order valence-corrected chi connectivity index (χ0v) is 10.2. The van der Waals surface area contributed by atoms with Crippen molar-refractivity contribution in [2.75, 3.05) is 0 Å². The zero-order valence-electron chi connectivity index (χ0n) is 10.2. The predicted molar refractivity (Wildman–Crippen MR) is 77.2 cm³/mol. The van der Waals surface area contributed by atoms with Crippen LogP contribution in [0.5, 0.6) is 0 Å². The molecule has 0 saturated carbocycles. The van der Waals surface area contributed by atoms with Gasteiger partial charge in [-0.2, -0.15) is 0 Å². The Morgan fingerprint density at radius 1 is 1.00 bits per heavy atom. The van der Waals surface area contributed by atoms with Gasteiger partial charge in [0.1, 0.15) is 0 Å². The van der Waals surface area contributed by atoms with Crippen molar-refractivity contribution < 1.29 is 4.79 Å². The molecule has 0 bridgehead atoms. The van der Waals surface area contributed by atoms with Gasteiger partial charge >= 0.3 is 0 Å². The molecule has 2 aromatic carbocycles. The van der Waals surface area contributed by atoms with Crippen LogP contribution in [-0.2, 0) is 6.42 Å². The van der Waals surface area contributed by atoms with Crippen LogP contribution in [0.4, 0.5) is 0 Å². The van der Waals surface area contributed by atoms with E-state index in [1.165, 1.54) is 16.7 Å². The normalized spacial score (nSPS) is 9.67. The number of Topliss-reactive ketones (excluding diaryl/α,β-unsaturated/α-hetero) is 1. The van der Waals surface area contributed by atoms with Crippen molar-refractivity contribution in [3.63, 3.8) is 0 Å². The second kappa shape index (κ2) is 6.15. The number of hydrogen-bond donors (Lipinski definition) is 0. The van der Waals surface area contributed by atoms with Gasteiger partial charge in [0.2, 0.25) is 0 Å². The van der Waals surface area contributed by atoms with Gasteiger partial charge in [0, 0.05) is 5.56 Å². The highest BCUT2D eigenvalue weighted by atomic mass is 16.1. The van der Waals surface area contributed by atoms with Crippen LogP contribution in [0.15, 0.2) is 48.5 Å². The lowest BCUT2D eigenvalue weighted by molar-refractivity contribution is 0.101. The molecule has 0 aliphatic rings. The minimum Gasteiger partial charge on any atom is -0.295 e. The lowest BCUT2D eigenvalue weighted by Gasteiger charge is -2.06. The van der Waals surface area contributed by atoms with E-state index in [2.05, 4.69) is 31.2 Å². The fourth-order valence-electron chi connectivity index (χ4n) is 1.89. The molecule has 0 radical (unpaired) electrons. The number of carbonyl (C=O) groups excluding carboxylic acids is 1. The van der Waals surface area contributed by atoms with Crippen molar-refractivity contribution in [3.8, 4) is 0 Å². The summed E-state index contributed by atoms with van der Waals surface area (Å²) in [6, 6.07) is 16.2. The van der Waals surface area contributed by atoms with Gasteiger partial charge in [0.05, 0.1) is 0 Å². The third-order valence-electron chi connectivity index (χ3n) is 3.02. The first-order valence-corrected chi connectivity index (χ1v) is 5.81. The lowest BCUT2D eigenvalue weighted by Crippen LogP contribution is -1.94. The molecule has 94 valence electrons. The molecule has 1 nitrogen and oxygen atoms in total. The third kappa shape index (κ3) is 3.30. The first-order chi connectivity index (χ1) is 8.16. The van der Waals surface area contributed by atoms with Crippen LogP contribution < -0.4 is 0 Å². The summed E-state index contributed by atoms with van der Waals surface area (Å²) < 4.78 is 0. The van der Waals surface area contributed by atoms with E-state index in [0.29, 0.717) is 0 Å². The van der Waals surface area contributed by atoms with Gasteiger partial charge in [-0.05, 0) is 37.0 Å². The molecule has 0 aromatic heterocycles. The number of aryl methyl sites for hydroxylation is 1. The highest BCUT2D eigenvalue weighted by molar-refractivity contribution is 5.94. The summed E-state index contributed by atoms with van der Waals surface area (Å²) in [4.78, 5) is 11.2. The SMILES string of the molecule is C.CC(=O)c1ccc(Cc2ccccc2C)cc1. The maximum absolute atomic E-state index is 11.2. The van der Waals surface area contributed by atoms with Crippen molar-refractivity contribution in [1.82, 2.24) is 0 Å². The molecule has 0 unspecified atom stereocenters. The molecular weight excluding hydrogens is 220 g/mol. The van der Waals surface area contributed by atoms with E-state index >= 15 is 0 Å². The van der Waals surface area contributed by atoms with Crippen molar-refractivity contribution >= 4 is 5.78 Å². The Morgan fingerprint density at radius 2 is 1.61 bits per heavy atom. The Balaban J connectivity index is 0.00000162. The largest absolute Gasteiger partial charge is 0.295 e. The number of ketones is 1. The van der Waals surface area contributed by atoms with Crippen molar-refractivity contribution in [1.29, 1.82) is 0 Å². The second-order valence-electron chi connectivity index (χ2n) is 4.36. The molecule has 2 aromatic rings. The van der Waals surface area contributed by atoms with Gasteiger partial charge in [-0.3, -0.25) is 4.79 Å². The van der Waals surface area contributed by atoms with Crippen molar-refractivity contribution in [2.45, 2.75) is 27.7 Å². The number of benzene rings is 2. The minimum atomic E-state index is 0. The zero-order chi connectivity index (χ0) is 12.3. The van der Waals surface area contributed by atoms with Crippen LogP contribution in [0.3, 0.4) is 0 Å². The monoisotopic (exact) mass is 240 g/mol. The predicted octanol–water partition coefficient (Wildman–Crippen LogP) is 4.42. The van der Waals surface area contributed by atoms with E-state index < -0.39 is 0 Å². The molecule has 0 aliphatic heterocycles. The highest BCUT2D eigenvalue weighted by Crippen LogP contribution is 2.14. The summed E-state index contributed by atoms with van der Waals surface area (Å²) in [5, 5.41) is 0. The molecule has 0 fully saturated rings. The maximum atomic E-state index is 11.2. The van der Waals surface area contributed by atoms with Crippen LogP contribution >= 0.6 is 0 Å². The Labute approximate surface area is 109 Å². The van der Waals surface area contributed by atoms with E-state index in [9.17, 15) is 4.79 Å². The van der Waals surface area contributed by atoms with Gasteiger partial charge in [-0.15, -0.1) is 0 Å². The molecule has 2 rings (SSSR count). The standard InChI is InChI=1S/C16H16O.CH4/c1-12-5-3-4-6-16(12)11-14-7-9-15(10-8-14)13(2)17;/h3-10H,11H2,1-2H3;1H4. The molecule has 0 saturated heterocycles. The van der Waals surface area contributed by atoms with Gasteiger partial charge in [-0.1, -0.05) is 56.0 Å². The number of hydrogen-bond acceptors (Lipinski definition) is 1. The summed E-state index contributed by atoms with van der Waals surface area (Å²) in [5.41, 5.74) is 4.66. The van der Waals surface area contributed by atoms with Crippen LogP contribution in [-0.4, -0.2) is 5.78 Å². The summed E-state index contributed by atoms with van der Waals surface area (Å²) in [5.74, 6) is 0.118. The quantitative estimate of drug-likeness (QED) is 0.726. The van der Waals surface area contributed by atoms with E-state index in [-0.39, 0.29) is 13.2 Å². The highest BCUT2D eigenvalue weighted by Gasteiger charge is 2.01. The smallest absolute Gasteiger partial charge is 0.159 e. The number of carbonyl (C=O) groups is 1. The van der Waals surface area contributed by atoms with Gasteiger partial charge in [-0.25, -0.2) is 0 Å². The fraction of sp³-hybridized carbons (Fsp3) is 0.235. The fourth-order valence-corrected chi connectivity index (χ4v) is 1.89. The molecule has 1 heteroatoms. The van der Waals surface area contributed by atoms with Crippen LogP contribution in [0.1, 0.15) is 41.4 Å². The number of rotatable bonds is 3. The molecule has 0 spiro atoms. The minimum absolute atomic E-state index is 0. The average Bonchev–Trinajstić information content (AvgIpc) is 2.33. The molecule has 0 N–H and O–H groups in total. The van der Waals surface area contributed by atoms with E-state index in [4.69, 9.17) is 0 Å². The second-order valence-corrected chi connectivity index (χ2v) is 4.36. The van der Waals surface area contributed by atoms with E-state index in [1.807, 2.05) is 24.3 Å². The molecule has 0 aliphatic carbocycles. The maximum Gasteiger partial charge on any atom is 0.159 e. The Kier molecular flexibility index (Phi) is 4.85. The van der Waals surface area contributed by atoms with Crippen LogP contribution in [0.2, 0.25) is 0 Å². The third-order valence-corrected chi connectivity index (χ3v) is 3.02. The summed E-state index contributed by atoms with van der Waals surface area (Å²) in [6.45, 7) is 3.72. The van der Waals surface area contributed by atoms with Crippen LogP contribution in [0, 0.1) is 6.92 Å². The molecular formula is C17H20O. The van der Waals surface area contributed by atoms with Gasteiger partial charge in [0.25, 0.3) is 0 Å². The molecule has 0 heterocycles. The van der Waals surface area contributed by atoms with Gasteiger partial charge in [0.15, 0.2) is 5.78 Å². The Bertz CT molecular complexity index is 524. The molecule has 0 atom stereocenters. The summed E-state index contributed by atoms with van der Waals surface area (Å²) in [7, 11) is 0. The topological polar surface area (TPSA) is 17.1 Å². The Hall–Kier alpha value is -1.89. The van der Waals surface area contributed by atoms with E-state index in [1.54, 1.807) is 6.92 Å². The van der Waals surface area contributed by atoms with Crippen molar-refractivity contribution in [3.05, 3.63) is 70.8 Å². The molecule has 0 amide bonds. The average molecular weight is 240 g/mol. The summed E-state index contributed by atoms with van der Waals surface area (Å²) >= 11 is 0. The Morgan fingerprint density at radius 3 is 2.17 bits per heavy atom. The first-order valence-electron chi connectivity index (χ1n) is 5.81. The van der Waals surface area contributed by atoms with Gasteiger partial charge < -0.3 is 0 Å². The van der Waals surface area contributed by atoms with E-state index in [0.717, 1.165) is 12.0 Å². The van der Waals surface area contributed by atoms with Crippen molar-refractivity contribution in [2.24, 2.45) is 0 Å². The lowest BCUT2D eigenvalue weighted by atomic mass is 9.99. The first kappa shape index (κ1) is 14.2. The van der Waals surface area contributed by atoms with Crippen LogP contribution in [0.25, 0.3) is 0 Å². The molecule has 18 heavy (non-hydrogen) atoms. The summed E-state index contributed by atoms with van der Waals surface area (Å²) in [6.07, 6.45) is 0.921.